The summed E-state index contributed by atoms with van der Waals surface area (Å²) >= 11 is 0. The van der Waals surface area contributed by atoms with E-state index in [0.29, 0.717) is 25.2 Å². The fourth-order valence-electron chi connectivity index (χ4n) is 3.22. The van der Waals surface area contributed by atoms with E-state index < -0.39 is 10.0 Å². The Morgan fingerprint density at radius 1 is 1.04 bits per heavy atom. The zero-order valence-corrected chi connectivity index (χ0v) is 17.3. The molecule has 1 aromatic carbocycles. The van der Waals surface area contributed by atoms with E-state index in [1.165, 1.54) is 4.31 Å². The van der Waals surface area contributed by atoms with Crippen LogP contribution in [0, 0.1) is 0 Å². The Kier molecular flexibility index (Phi) is 5.58. The van der Waals surface area contributed by atoms with Crippen molar-refractivity contribution in [3.05, 3.63) is 29.8 Å². The van der Waals surface area contributed by atoms with Crippen molar-refractivity contribution in [3.8, 4) is 0 Å². The van der Waals surface area contributed by atoms with Gasteiger partial charge in [0.05, 0.1) is 4.90 Å². The number of benzene rings is 1. The summed E-state index contributed by atoms with van der Waals surface area (Å²) in [6.45, 7) is 7.29. The summed E-state index contributed by atoms with van der Waals surface area (Å²) in [5.41, 5.74) is 3.66. The van der Waals surface area contributed by atoms with Gasteiger partial charge in [0.15, 0.2) is 0 Å². The molecule has 9 heteroatoms. The van der Waals surface area contributed by atoms with Crippen LogP contribution < -0.4 is 5.43 Å². The van der Waals surface area contributed by atoms with E-state index in [1.54, 1.807) is 17.0 Å². The van der Waals surface area contributed by atoms with Crippen molar-refractivity contribution in [1.29, 1.82) is 0 Å². The monoisotopic (exact) mass is 406 g/mol. The lowest BCUT2D eigenvalue weighted by Crippen LogP contribution is -2.52. The molecule has 0 unspecified atom stereocenters. The summed E-state index contributed by atoms with van der Waals surface area (Å²) in [4.78, 5) is 25.5. The number of carbonyl (C=O) groups is 2. The molecule has 2 aliphatic heterocycles. The number of hydrogen-bond acceptors (Lipinski definition) is 5. The Labute approximate surface area is 165 Å². The van der Waals surface area contributed by atoms with Crippen LogP contribution in [0.2, 0.25) is 0 Å². The van der Waals surface area contributed by atoms with Gasteiger partial charge < -0.3 is 4.90 Å². The Balaban J connectivity index is 1.65. The normalized spacial score (nSPS) is 19.2. The van der Waals surface area contributed by atoms with E-state index in [2.05, 4.69) is 31.3 Å². The summed E-state index contributed by atoms with van der Waals surface area (Å²) in [5.74, 6) is -0.448. The Hall–Kier alpha value is -2.26. The highest BCUT2D eigenvalue weighted by Crippen LogP contribution is 2.25. The molecule has 0 atom stereocenters. The number of hydrazone groups is 1. The van der Waals surface area contributed by atoms with Crippen molar-refractivity contribution in [1.82, 2.24) is 14.6 Å². The zero-order valence-electron chi connectivity index (χ0n) is 16.4. The maximum absolute atomic E-state index is 12.9. The van der Waals surface area contributed by atoms with E-state index in [4.69, 9.17) is 0 Å². The fraction of sp³-hybridized carbons (Fsp3) is 0.526. The molecule has 1 saturated heterocycles. The summed E-state index contributed by atoms with van der Waals surface area (Å²) in [6, 6.07) is 6.99. The van der Waals surface area contributed by atoms with Gasteiger partial charge in [-0.2, -0.15) is 9.41 Å². The van der Waals surface area contributed by atoms with Crippen LogP contribution >= 0.6 is 0 Å². The fourth-order valence-corrected chi connectivity index (χ4v) is 4.64. The molecule has 1 N–H and O–H groups in total. The molecule has 8 nitrogen and oxygen atoms in total. The van der Waals surface area contributed by atoms with Gasteiger partial charge in [-0.05, 0) is 23.1 Å². The minimum absolute atomic E-state index is 0.0460. The molecule has 0 saturated carbocycles. The van der Waals surface area contributed by atoms with Crippen LogP contribution in [0.1, 0.15) is 39.2 Å². The van der Waals surface area contributed by atoms with Crippen molar-refractivity contribution in [2.24, 2.45) is 5.10 Å². The van der Waals surface area contributed by atoms with Crippen LogP contribution in [0.15, 0.2) is 34.3 Å². The molecule has 28 heavy (non-hydrogen) atoms. The lowest BCUT2D eigenvalue weighted by molar-refractivity contribution is -0.125. The van der Waals surface area contributed by atoms with Crippen LogP contribution in [-0.4, -0.2) is 61.3 Å². The summed E-state index contributed by atoms with van der Waals surface area (Å²) in [6.07, 6.45) is 0.548. The molecule has 0 aliphatic carbocycles. The number of sulfonamides is 1. The van der Waals surface area contributed by atoms with Crippen molar-refractivity contribution in [3.63, 3.8) is 0 Å². The van der Waals surface area contributed by atoms with Gasteiger partial charge in [-0.3, -0.25) is 9.59 Å². The first kappa shape index (κ1) is 20.5. The topological polar surface area (TPSA) is 99.2 Å². The minimum Gasteiger partial charge on any atom is -0.335 e. The second-order valence-corrected chi connectivity index (χ2v) is 10.0. The van der Waals surface area contributed by atoms with E-state index in [1.807, 2.05) is 12.1 Å². The summed E-state index contributed by atoms with van der Waals surface area (Å²) in [5, 5.41) is 3.82. The van der Waals surface area contributed by atoms with E-state index in [0.717, 1.165) is 5.56 Å². The van der Waals surface area contributed by atoms with E-state index in [9.17, 15) is 18.0 Å². The lowest BCUT2D eigenvalue weighted by Gasteiger charge is -2.34. The number of amides is 2. The molecule has 1 aromatic rings. The molecule has 2 amide bonds. The van der Waals surface area contributed by atoms with Gasteiger partial charge >= 0.3 is 0 Å². The standard InChI is InChI=1S/C19H26N4O4S/c1-19(2,3)14-4-6-15(7-5-14)28(26,27)23-12-10-22(11-13-23)18(25)16-8-9-17(24)21-20-16/h4-7H,8-13H2,1-3H3,(H,21,24). The molecule has 2 aliphatic rings. The van der Waals surface area contributed by atoms with Crippen LogP contribution in [0.4, 0.5) is 0 Å². The number of piperazine rings is 1. The number of nitrogens with zero attached hydrogens (tertiary/aromatic N) is 3. The maximum Gasteiger partial charge on any atom is 0.270 e. The van der Waals surface area contributed by atoms with Gasteiger partial charge in [-0.15, -0.1) is 0 Å². The summed E-state index contributed by atoms with van der Waals surface area (Å²) < 4.78 is 27.2. The predicted octanol–water partition coefficient (Wildman–Crippen LogP) is 1.08. The third-order valence-electron chi connectivity index (χ3n) is 5.04. The van der Waals surface area contributed by atoms with Crippen LogP contribution in [-0.2, 0) is 25.0 Å². The highest BCUT2D eigenvalue weighted by atomic mass is 32.2. The largest absolute Gasteiger partial charge is 0.335 e. The third kappa shape index (κ3) is 4.25. The number of rotatable bonds is 3. The van der Waals surface area contributed by atoms with Crippen molar-refractivity contribution in [2.45, 2.75) is 43.9 Å². The van der Waals surface area contributed by atoms with Crippen molar-refractivity contribution < 1.29 is 18.0 Å². The molecule has 2 heterocycles. The third-order valence-corrected chi connectivity index (χ3v) is 6.95. The Morgan fingerprint density at radius 3 is 2.14 bits per heavy atom. The number of hydrogen-bond donors (Lipinski definition) is 1. The van der Waals surface area contributed by atoms with Gasteiger partial charge in [0.2, 0.25) is 15.9 Å². The number of nitrogens with one attached hydrogen (secondary N) is 1. The molecular weight excluding hydrogens is 380 g/mol. The van der Waals surface area contributed by atoms with Gasteiger partial charge in [0.1, 0.15) is 5.71 Å². The highest BCUT2D eigenvalue weighted by molar-refractivity contribution is 7.89. The Bertz CT molecular complexity index is 893. The minimum atomic E-state index is -3.60. The molecule has 0 bridgehead atoms. The van der Waals surface area contributed by atoms with E-state index >= 15 is 0 Å². The highest BCUT2D eigenvalue weighted by Gasteiger charge is 2.32. The molecular formula is C19H26N4O4S. The van der Waals surface area contributed by atoms with Gasteiger partial charge in [0.25, 0.3) is 5.91 Å². The van der Waals surface area contributed by atoms with Gasteiger partial charge in [0, 0.05) is 39.0 Å². The first-order chi connectivity index (χ1) is 13.1. The van der Waals surface area contributed by atoms with Crippen molar-refractivity contribution >= 4 is 27.5 Å². The molecule has 3 rings (SSSR count). The second-order valence-electron chi connectivity index (χ2n) is 8.06. The average Bonchev–Trinajstić information content (AvgIpc) is 2.67. The second kappa shape index (κ2) is 7.63. The zero-order chi connectivity index (χ0) is 20.5. The quantitative estimate of drug-likeness (QED) is 0.812. The first-order valence-corrected chi connectivity index (χ1v) is 10.8. The average molecular weight is 407 g/mol. The van der Waals surface area contributed by atoms with Gasteiger partial charge in [-0.25, -0.2) is 13.8 Å². The SMILES string of the molecule is CC(C)(C)c1ccc(S(=O)(=O)N2CCN(C(=O)C3=NNC(=O)CC3)CC2)cc1. The van der Waals surface area contributed by atoms with Crippen molar-refractivity contribution in [2.75, 3.05) is 26.2 Å². The molecule has 0 radical (unpaired) electrons. The van der Waals surface area contributed by atoms with Crippen LogP contribution in [0.25, 0.3) is 0 Å². The maximum atomic E-state index is 12.9. The molecule has 0 spiro atoms. The van der Waals surface area contributed by atoms with Gasteiger partial charge in [-0.1, -0.05) is 32.9 Å². The number of carbonyl (C=O) groups excluding carboxylic acids is 2. The lowest BCUT2D eigenvalue weighted by atomic mass is 9.87. The predicted molar refractivity (Wildman–Crippen MR) is 105 cm³/mol. The molecule has 0 aromatic heterocycles. The first-order valence-electron chi connectivity index (χ1n) is 9.34. The van der Waals surface area contributed by atoms with Crippen LogP contribution in [0.3, 0.4) is 0 Å². The summed E-state index contributed by atoms with van der Waals surface area (Å²) in [7, 11) is -3.60. The smallest absolute Gasteiger partial charge is 0.270 e. The molecule has 1 fully saturated rings. The van der Waals surface area contributed by atoms with E-state index in [-0.39, 0.29) is 41.6 Å². The Morgan fingerprint density at radius 2 is 1.64 bits per heavy atom. The molecule has 152 valence electrons. The van der Waals surface area contributed by atoms with Crippen LogP contribution in [0.5, 0.6) is 0 Å².